The van der Waals surface area contributed by atoms with Gasteiger partial charge in [0, 0.05) is 19.0 Å². The molecule has 0 N–H and O–H groups in total. The smallest absolute Gasteiger partial charge is 0.264 e. The first-order chi connectivity index (χ1) is 13.2. The SMILES string of the molecule is CN1C(=O)[C@@]2(CC3=C(CCC3)[C@@H](COc3ccccc3)O2)c2ccccc21. The summed E-state index contributed by atoms with van der Waals surface area (Å²) >= 11 is 0. The highest BCUT2D eigenvalue weighted by atomic mass is 16.6. The number of hydrogen-bond acceptors (Lipinski definition) is 3. The first-order valence-electron chi connectivity index (χ1n) is 9.63. The topological polar surface area (TPSA) is 38.8 Å². The maximum absolute atomic E-state index is 13.3. The highest BCUT2D eigenvalue weighted by Crippen LogP contribution is 2.52. The van der Waals surface area contributed by atoms with E-state index >= 15 is 0 Å². The minimum atomic E-state index is -0.904. The van der Waals surface area contributed by atoms with E-state index in [-0.39, 0.29) is 12.0 Å². The first kappa shape index (κ1) is 16.6. The van der Waals surface area contributed by atoms with Crippen molar-refractivity contribution >= 4 is 11.6 Å². The number of likely N-dealkylation sites (N-methyl/N-ethyl adjacent to an activating group) is 1. The van der Waals surface area contributed by atoms with Crippen LogP contribution in [0.3, 0.4) is 0 Å². The number of para-hydroxylation sites is 2. The van der Waals surface area contributed by atoms with Crippen LogP contribution in [0, 0.1) is 0 Å². The van der Waals surface area contributed by atoms with Gasteiger partial charge in [-0.15, -0.1) is 0 Å². The molecule has 4 heteroatoms. The number of rotatable bonds is 3. The van der Waals surface area contributed by atoms with E-state index in [0.29, 0.717) is 13.0 Å². The molecular weight excluding hydrogens is 338 g/mol. The molecule has 2 aliphatic heterocycles. The zero-order valence-electron chi connectivity index (χ0n) is 15.5. The Kier molecular flexibility index (Phi) is 3.83. The molecule has 0 fully saturated rings. The number of nitrogens with zero attached hydrogens (tertiary/aromatic N) is 1. The van der Waals surface area contributed by atoms with Crippen LogP contribution in [-0.4, -0.2) is 25.7 Å². The van der Waals surface area contributed by atoms with Gasteiger partial charge in [0.05, 0.1) is 5.69 Å². The molecule has 2 aromatic rings. The van der Waals surface area contributed by atoms with E-state index in [1.165, 1.54) is 11.1 Å². The minimum Gasteiger partial charge on any atom is -0.491 e. The monoisotopic (exact) mass is 361 g/mol. The van der Waals surface area contributed by atoms with Gasteiger partial charge >= 0.3 is 0 Å². The van der Waals surface area contributed by atoms with Crippen molar-refractivity contribution in [3.63, 3.8) is 0 Å². The highest BCUT2D eigenvalue weighted by Gasteiger charge is 2.55. The first-order valence-corrected chi connectivity index (χ1v) is 9.63. The van der Waals surface area contributed by atoms with Crippen LogP contribution >= 0.6 is 0 Å². The Labute approximate surface area is 159 Å². The van der Waals surface area contributed by atoms with Crippen molar-refractivity contribution in [3.05, 3.63) is 71.3 Å². The zero-order valence-corrected chi connectivity index (χ0v) is 15.5. The molecule has 3 aliphatic rings. The summed E-state index contributed by atoms with van der Waals surface area (Å²) in [6.45, 7) is 0.434. The van der Waals surface area contributed by atoms with Crippen molar-refractivity contribution in [2.75, 3.05) is 18.6 Å². The molecule has 1 aliphatic carbocycles. The number of amides is 1. The van der Waals surface area contributed by atoms with Gasteiger partial charge in [0.15, 0.2) is 5.60 Å². The van der Waals surface area contributed by atoms with E-state index in [1.807, 2.05) is 61.6 Å². The van der Waals surface area contributed by atoms with Gasteiger partial charge < -0.3 is 14.4 Å². The predicted octanol–water partition coefficient (Wildman–Crippen LogP) is 4.21. The molecule has 138 valence electrons. The summed E-state index contributed by atoms with van der Waals surface area (Å²) in [5.74, 6) is 0.864. The second kappa shape index (κ2) is 6.24. The van der Waals surface area contributed by atoms with Crippen LogP contribution in [0.15, 0.2) is 65.7 Å². The molecule has 5 rings (SSSR count). The number of fused-ring (bicyclic) bond motifs is 2. The van der Waals surface area contributed by atoms with Gasteiger partial charge in [-0.1, -0.05) is 42.0 Å². The van der Waals surface area contributed by atoms with E-state index in [0.717, 1.165) is 36.3 Å². The lowest BCUT2D eigenvalue weighted by atomic mass is 9.83. The molecular formula is C23H23NO3. The van der Waals surface area contributed by atoms with E-state index in [1.54, 1.807) is 4.90 Å². The van der Waals surface area contributed by atoms with Crippen LogP contribution in [-0.2, 0) is 15.1 Å². The summed E-state index contributed by atoms with van der Waals surface area (Å²) in [4.78, 5) is 15.0. The molecule has 0 saturated carbocycles. The Morgan fingerprint density at radius 3 is 2.74 bits per heavy atom. The Balaban J connectivity index is 1.50. The molecule has 4 nitrogen and oxygen atoms in total. The summed E-state index contributed by atoms with van der Waals surface area (Å²) in [6, 6.07) is 17.8. The van der Waals surface area contributed by atoms with Crippen LogP contribution in [0.5, 0.6) is 5.75 Å². The predicted molar refractivity (Wildman–Crippen MR) is 104 cm³/mol. The Morgan fingerprint density at radius 1 is 1.11 bits per heavy atom. The van der Waals surface area contributed by atoms with E-state index in [9.17, 15) is 4.79 Å². The van der Waals surface area contributed by atoms with Crippen molar-refractivity contribution < 1.29 is 14.3 Å². The number of carbonyl (C=O) groups is 1. The van der Waals surface area contributed by atoms with Gasteiger partial charge in [-0.3, -0.25) is 4.79 Å². The average Bonchev–Trinajstić information content (AvgIpc) is 3.26. The third-order valence-electron chi connectivity index (χ3n) is 6.07. The van der Waals surface area contributed by atoms with E-state index in [2.05, 4.69) is 0 Å². The van der Waals surface area contributed by atoms with Crippen LogP contribution in [0.1, 0.15) is 31.2 Å². The fourth-order valence-electron chi connectivity index (χ4n) is 4.79. The molecule has 1 spiro atoms. The molecule has 0 bridgehead atoms. The number of carbonyl (C=O) groups excluding carboxylic acids is 1. The zero-order chi connectivity index (χ0) is 18.4. The van der Waals surface area contributed by atoms with Gasteiger partial charge in [-0.05, 0) is 43.0 Å². The number of anilines is 1. The molecule has 2 aromatic carbocycles. The molecule has 0 radical (unpaired) electrons. The van der Waals surface area contributed by atoms with Crippen LogP contribution in [0.2, 0.25) is 0 Å². The summed E-state index contributed by atoms with van der Waals surface area (Å²) in [6.07, 6.45) is 3.73. The third-order valence-corrected chi connectivity index (χ3v) is 6.07. The van der Waals surface area contributed by atoms with Crippen molar-refractivity contribution in [3.8, 4) is 5.75 Å². The number of hydrogen-bond donors (Lipinski definition) is 0. The standard InChI is InChI=1S/C23H23NO3/c1-24-20-13-6-5-12-19(20)23(22(24)25)14-16-8-7-11-18(16)21(27-23)15-26-17-9-3-2-4-10-17/h2-6,9-10,12-13,21H,7-8,11,14-15H2,1H3/t21-,23-/m1/s1. The third kappa shape index (κ3) is 2.51. The van der Waals surface area contributed by atoms with E-state index in [4.69, 9.17) is 9.47 Å². The molecule has 2 heterocycles. The summed E-state index contributed by atoms with van der Waals surface area (Å²) in [5, 5.41) is 0. The fourth-order valence-corrected chi connectivity index (χ4v) is 4.79. The van der Waals surface area contributed by atoms with Crippen LogP contribution in [0.4, 0.5) is 5.69 Å². The second-order valence-corrected chi connectivity index (χ2v) is 7.60. The fraction of sp³-hybridized carbons (Fsp3) is 0.348. The molecule has 0 unspecified atom stereocenters. The van der Waals surface area contributed by atoms with Crippen molar-refractivity contribution in [2.45, 2.75) is 37.4 Å². The van der Waals surface area contributed by atoms with Crippen LogP contribution in [0.25, 0.3) is 0 Å². The quantitative estimate of drug-likeness (QED) is 0.769. The van der Waals surface area contributed by atoms with Crippen molar-refractivity contribution in [2.24, 2.45) is 0 Å². The minimum absolute atomic E-state index is 0.0341. The van der Waals surface area contributed by atoms with Gasteiger partial charge in [0.2, 0.25) is 0 Å². The van der Waals surface area contributed by atoms with Crippen LogP contribution < -0.4 is 9.64 Å². The summed E-state index contributed by atoms with van der Waals surface area (Å²) < 4.78 is 12.6. The molecule has 1 amide bonds. The van der Waals surface area contributed by atoms with Crippen molar-refractivity contribution in [1.82, 2.24) is 0 Å². The van der Waals surface area contributed by atoms with Crippen molar-refractivity contribution in [1.29, 1.82) is 0 Å². The summed E-state index contributed by atoms with van der Waals surface area (Å²) in [7, 11) is 1.84. The Morgan fingerprint density at radius 2 is 1.89 bits per heavy atom. The van der Waals surface area contributed by atoms with Gasteiger partial charge in [0.1, 0.15) is 18.5 Å². The van der Waals surface area contributed by atoms with E-state index < -0.39 is 5.60 Å². The molecule has 27 heavy (non-hydrogen) atoms. The lowest BCUT2D eigenvalue weighted by molar-refractivity contribution is -0.154. The summed E-state index contributed by atoms with van der Waals surface area (Å²) in [5.41, 5.74) is 3.77. The highest BCUT2D eigenvalue weighted by molar-refractivity contribution is 6.07. The Bertz CT molecular complexity index is 920. The lowest BCUT2D eigenvalue weighted by Crippen LogP contribution is -2.47. The molecule has 0 saturated heterocycles. The largest absolute Gasteiger partial charge is 0.491 e. The van der Waals surface area contributed by atoms with Gasteiger partial charge in [-0.25, -0.2) is 0 Å². The van der Waals surface area contributed by atoms with Gasteiger partial charge in [0.25, 0.3) is 5.91 Å². The lowest BCUT2D eigenvalue weighted by Gasteiger charge is -2.38. The normalized spacial score (nSPS) is 26.5. The number of benzene rings is 2. The maximum Gasteiger partial charge on any atom is 0.264 e. The second-order valence-electron chi connectivity index (χ2n) is 7.60. The van der Waals surface area contributed by atoms with Gasteiger partial charge in [-0.2, -0.15) is 0 Å². The molecule has 0 aromatic heterocycles. The maximum atomic E-state index is 13.3. The molecule has 2 atom stereocenters. The number of ether oxygens (including phenoxy) is 2. The average molecular weight is 361 g/mol. The Hall–Kier alpha value is -2.59.